The van der Waals surface area contributed by atoms with Crippen LogP contribution in [0, 0.1) is 0 Å². The van der Waals surface area contributed by atoms with Crippen LogP contribution < -0.4 is 15.8 Å². The van der Waals surface area contributed by atoms with Crippen LogP contribution in [0.15, 0.2) is 36.7 Å². The molecule has 0 bridgehead atoms. The van der Waals surface area contributed by atoms with E-state index in [9.17, 15) is 9.90 Å². The molecule has 0 aliphatic carbocycles. The minimum absolute atomic E-state index is 0.00909. The lowest BCUT2D eigenvalue weighted by atomic mass is 10.2. The average molecular weight is 367 g/mol. The van der Waals surface area contributed by atoms with Gasteiger partial charge in [-0.2, -0.15) is 0 Å². The monoisotopic (exact) mass is 367 g/mol. The van der Waals surface area contributed by atoms with Crippen molar-refractivity contribution in [2.45, 2.75) is 0 Å². The second-order valence-electron chi connectivity index (χ2n) is 5.43. The predicted molar refractivity (Wildman–Crippen MR) is 99.2 cm³/mol. The Labute approximate surface area is 151 Å². The van der Waals surface area contributed by atoms with Gasteiger partial charge in [0, 0.05) is 11.8 Å². The van der Waals surface area contributed by atoms with Crippen molar-refractivity contribution < 1.29 is 14.6 Å². The summed E-state index contributed by atoms with van der Waals surface area (Å²) in [6, 6.07) is 8.54. The Morgan fingerprint density at radius 1 is 1.23 bits per heavy atom. The van der Waals surface area contributed by atoms with Crippen molar-refractivity contribution in [3.8, 4) is 11.5 Å². The number of phenols is 1. The topological polar surface area (TPSA) is 123 Å². The number of thiazole rings is 1. The van der Waals surface area contributed by atoms with Crippen molar-refractivity contribution in [1.82, 2.24) is 15.0 Å². The van der Waals surface area contributed by atoms with Gasteiger partial charge in [-0.25, -0.2) is 15.0 Å². The van der Waals surface area contributed by atoms with Crippen LogP contribution in [0.25, 0.3) is 21.1 Å². The molecule has 4 N–H and O–H groups in total. The lowest BCUT2D eigenvalue weighted by Gasteiger charge is -2.10. The zero-order valence-electron chi connectivity index (χ0n) is 13.6. The molecule has 2 aromatic heterocycles. The maximum absolute atomic E-state index is 11.5. The van der Waals surface area contributed by atoms with E-state index in [1.54, 1.807) is 24.3 Å². The van der Waals surface area contributed by atoms with Gasteiger partial charge in [-0.3, -0.25) is 4.79 Å². The summed E-state index contributed by atoms with van der Waals surface area (Å²) < 4.78 is 5.81. The summed E-state index contributed by atoms with van der Waals surface area (Å²) in [5, 5.41) is 14.1. The molecule has 2 heterocycles. The number of aromatic hydroxyl groups is 1. The summed E-state index contributed by atoms with van der Waals surface area (Å²) in [5.41, 5.74) is 7.32. The maximum atomic E-state index is 11.5. The van der Waals surface area contributed by atoms with Crippen LogP contribution in [0.4, 0.5) is 11.5 Å². The molecule has 0 fully saturated rings. The Hall–Kier alpha value is -3.46. The largest absolute Gasteiger partial charge is 0.504 e. The molecule has 2 aromatic carbocycles. The number of anilines is 2. The van der Waals surface area contributed by atoms with E-state index in [1.807, 2.05) is 0 Å². The molecule has 0 unspecified atom stereocenters. The van der Waals surface area contributed by atoms with Crippen LogP contribution in [-0.2, 0) is 0 Å². The quantitative estimate of drug-likeness (QED) is 0.507. The first kappa shape index (κ1) is 16.0. The van der Waals surface area contributed by atoms with Gasteiger partial charge in [0.1, 0.15) is 12.1 Å². The first-order valence-electron chi connectivity index (χ1n) is 7.55. The maximum Gasteiger partial charge on any atom is 0.277 e. The third-order valence-corrected chi connectivity index (χ3v) is 4.91. The lowest BCUT2D eigenvalue weighted by Crippen LogP contribution is -2.09. The molecule has 26 heavy (non-hydrogen) atoms. The van der Waals surface area contributed by atoms with Crippen LogP contribution in [-0.4, -0.2) is 33.1 Å². The van der Waals surface area contributed by atoms with Gasteiger partial charge in [-0.15, -0.1) is 11.3 Å². The number of hydrogen-bond donors (Lipinski definition) is 3. The molecular formula is C17H13N5O3S. The van der Waals surface area contributed by atoms with Crippen molar-refractivity contribution in [2.75, 3.05) is 12.4 Å². The van der Waals surface area contributed by atoms with E-state index < -0.39 is 5.91 Å². The van der Waals surface area contributed by atoms with Gasteiger partial charge in [0.05, 0.1) is 28.2 Å². The highest BCUT2D eigenvalue weighted by Gasteiger charge is 2.15. The Kier molecular flexibility index (Phi) is 3.77. The molecule has 0 spiro atoms. The molecule has 1 amide bonds. The SMILES string of the molecule is COc1ccc(Nc2ncnc3ccc4nc(C(N)=O)sc4c23)cc1O. The Balaban J connectivity index is 1.88. The van der Waals surface area contributed by atoms with E-state index in [0.29, 0.717) is 28.3 Å². The molecule has 130 valence electrons. The number of amides is 1. The lowest BCUT2D eigenvalue weighted by molar-refractivity contribution is 0.1000. The number of primary amides is 1. The van der Waals surface area contributed by atoms with Crippen molar-refractivity contribution in [1.29, 1.82) is 0 Å². The van der Waals surface area contributed by atoms with Gasteiger partial charge in [-0.05, 0) is 24.3 Å². The second kappa shape index (κ2) is 6.12. The molecule has 0 saturated heterocycles. The van der Waals surface area contributed by atoms with E-state index in [2.05, 4.69) is 20.3 Å². The third kappa shape index (κ3) is 2.64. The molecule has 8 nitrogen and oxygen atoms in total. The highest BCUT2D eigenvalue weighted by atomic mass is 32.1. The summed E-state index contributed by atoms with van der Waals surface area (Å²) in [6.07, 6.45) is 1.44. The fourth-order valence-electron chi connectivity index (χ4n) is 2.64. The van der Waals surface area contributed by atoms with Gasteiger partial charge in [0.25, 0.3) is 5.91 Å². The number of rotatable bonds is 4. The van der Waals surface area contributed by atoms with E-state index in [1.165, 1.54) is 30.8 Å². The summed E-state index contributed by atoms with van der Waals surface area (Å²) >= 11 is 1.19. The Bertz CT molecular complexity index is 1160. The molecule has 0 aliphatic heterocycles. The summed E-state index contributed by atoms with van der Waals surface area (Å²) in [6.45, 7) is 0. The second-order valence-corrected chi connectivity index (χ2v) is 6.42. The van der Waals surface area contributed by atoms with Crippen LogP contribution in [0.3, 0.4) is 0 Å². The minimum Gasteiger partial charge on any atom is -0.504 e. The third-order valence-electron chi connectivity index (χ3n) is 3.81. The average Bonchev–Trinajstić information content (AvgIpc) is 3.07. The molecule has 0 saturated carbocycles. The van der Waals surface area contributed by atoms with Gasteiger partial charge in [0.2, 0.25) is 0 Å². The number of methoxy groups -OCH3 is 1. The Morgan fingerprint density at radius 2 is 2.04 bits per heavy atom. The standard InChI is InChI=1S/C17H13N5O3S/c1-25-12-5-2-8(6-11(12)23)21-16-13-9(19-7-20-16)3-4-10-14(13)26-17(22-10)15(18)24/h2-7,23H,1H3,(H2,18,24)(H,19,20,21). The highest BCUT2D eigenvalue weighted by Crippen LogP contribution is 2.35. The number of carbonyl (C=O) groups is 1. The number of aromatic nitrogens is 3. The van der Waals surface area contributed by atoms with Crippen LogP contribution >= 0.6 is 11.3 Å². The highest BCUT2D eigenvalue weighted by molar-refractivity contribution is 7.21. The predicted octanol–water partition coefficient (Wildman–Crippen LogP) is 2.80. The van der Waals surface area contributed by atoms with Crippen molar-refractivity contribution >= 4 is 49.9 Å². The smallest absolute Gasteiger partial charge is 0.277 e. The van der Waals surface area contributed by atoms with Crippen LogP contribution in [0.1, 0.15) is 9.80 Å². The van der Waals surface area contributed by atoms with Gasteiger partial charge >= 0.3 is 0 Å². The molecule has 4 aromatic rings. The number of nitrogens with zero attached hydrogens (tertiary/aromatic N) is 3. The van der Waals surface area contributed by atoms with E-state index in [-0.39, 0.29) is 10.8 Å². The molecular weight excluding hydrogens is 354 g/mol. The number of nitrogens with two attached hydrogens (primary N) is 1. The normalized spacial score (nSPS) is 11.0. The summed E-state index contributed by atoms with van der Waals surface area (Å²) in [4.78, 5) is 24.3. The molecule has 0 aliphatic rings. The minimum atomic E-state index is -0.578. The van der Waals surface area contributed by atoms with Gasteiger partial charge < -0.3 is 20.9 Å². The van der Waals surface area contributed by atoms with Crippen molar-refractivity contribution in [3.63, 3.8) is 0 Å². The Morgan fingerprint density at radius 3 is 2.77 bits per heavy atom. The molecule has 9 heteroatoms. The van der Waals surface area contributed by atoms with Crippen LogP contribution in [0.2, 0.25) is 0 Å². The van der Waals surface area contributed by atoms with Crippen molar-refractivity contribution in [3.05, 3.63) is 41.7 Å². The number of ether oxygens (including phenoxy) is 1. The van der Waals surface area contributed by atoms with E-state index in [0.717, 1.165) is 10.1 Å². The number of nitrogens with one attached hydrogen (secondary N) is 1. The summed E-state index contributed by atoms with van der Waals surface area (Å²) in [5.74, 6) is 0.337. The first-order chi connectivity index (χ1) is 12.6. The summed E-state index contributed by atoms with van der Waals surface area (Å²) in [7, 11) is 1.48. The number of fused-ring (bicyclic) bond motifs is 3. The van der Waals surface area contributed by atoms with Gasteiger partial charge in [0.15, 0.2) is 16.5 Å². The zero-order valence-corrected chi connectivity index (χ0v) is 14.4. The fourth-order valence-corrected chi connectivity index (χ4v) is 3.60. The fraction of sp³-hybridized carbons (Fsp3) is 0.0588. The number of carbonyl (C=O) groups excluding carboxylic acids is 1. The molecule has 0 atom stereocenters. The number of benzene rings is 2. The molecule has 0 radical (unpaired) electrons. The van der Waals surface area contributed by atoms with Gasteiger partial charge in [-0.1, -0.05) is 0 Å². The molecule has 4 rings (SSSR count). The van der Waals surface area contributed by atoms with E-state index >= 15 is 0 Å². The first-order valence-corrected chi connectivity index (χ1v) is 8.36. The zero-order chi connectivity index (χ0) is 18.3. The number of phenolic OH excluding ortho intramolecular Hbond substituents is 1. The van der Waals surface area contributed by atoms with Crippen LogP contribution in [0.5, 0.6) is 11.5 Å². The number of hydrogen-bond acceptors (Lipinski definition) is 8. The van der Waals surface area contributed by atoms with Crippen molar-refractivity contribution in [2.24, 2.45) is 5.73 Å². The van der Waals surface area contributed by atoms with E-state index in [4.69, 9.17) is 10.5 Å².